The third-order valence-corrected chi connectivity index (χ3v) is 5.06. The molecule has 5 nitrogen and oxygen atoms in total. The van der Waals surface area contributed by atoms with Crippen molar-refractivity contribution in [1.82, 2.24) is 14.6 Å². The van der Waals surface area contributed by atoms with Crippen LogP contribution in [0.1, 0.15) is 5.56 Å². The minimum Gasteiger partial charge on any atom is -0.324 e. The largest absolute Gasteiger partial charge is 0.417 e. The van der Waals surface area contributed by atoms with E-state index in [0.717, 1.165) is 28.4 Å². The Balaban J connectivity index is 1.76. The summed E-state index contributed by atoms with van der Waals surface area (Å²) >= 11 is 18.5. The number of hydrogen-bond acceptors (Lipinski definition) is 4. The van der Waals surface area contributed by atoms with Crippen LogP contribution in [0.25, 0.3) is 5.65 Å². The molecule has 1 aromatic carbocycles. The van der Waals surface area contributed by atoms with Gasteiger partial charge in [-0.25, -0.2) is 0 Å². The molecule has 1 amide bonds. The van der Waals surface area contributed by atoms with E-state index >= 15 is 0 Å². The van der Waals surface area contributed by atoms with Gasteiger partial charge in [-0.1, -0.05) is 46.6 Å². The minimum atomic E-state index is -4.58. The predicted octanol–water partition coefficient (Wildman–Crippen LogP) is 5.44. The fraction of sp³-hybridized carbons (Fsp3) is 0.133. The average Bonchev–Trinajstić information content (AvgIpc) is 2.98. The zero-order chi connectivity index (χ0) is 19.8. The highest BCUT2D eigenvalue weighted by atomic mass is 35.5. The van der Waals surface area contributed by atoms with Gasteiger partial charge in [0.1, 0.15) is 0 Å². The number of nitrogens with zero attached hydrogens (tertiary/aromatic N) is 3. The van der Waals surface area contributed by atoms with E-state index in [1.807, 2.05) is 0 Å². The summed E-state index contributed by atoms with van der Waals surface area (Å²) in [5.74, 6) is -0.563. The SMILES string of the molecule is O=C(CSc1nnc2c(Cl)cc(C(F)(F)F)cn12)Nc1ccc(Cl)cc1Cl. The van der Waals surface area contributed by atoms with Crippen molar-refractivity contribution < 1.29 is 18.0 Å². The Morgan fingerprint density at radius 2 is 1.89 bits per heavy atom. The number of thioether (sulfide) groups is 1. The Morgan fingerprint density at radius 3 is 2.56 bits per heavy atom. The first-order valence-electron chi connectivity index (χ1n) is 7.14. The first kappa shape index (κ1) is 20.1. The molecule has 3 aromatic rings. The molecular weight excluding hydrogens is 448 g/mol. The molecule has 27 heavy (non-hydrogen) atoms. The molecule has 0 aliphatic carbocycles. The van der Waals surface area contributed by atoms with Crippen molar-refractivity contribution in [3.8, 4) is 0 Å². The molecule has 0 bridgehead atoms. The van der Waals surface area contributed by atoms with Crippen LogP contribution in [-0.4, -0.2) is 26.3 Å². The van der Waals surface area contributed by atoms with E-state index in [1.165, 1.54) is 12.1 Å². The van der Waals surface area contributed by atoms with Crippen LogP contribution < -0.4 is 5.32 Å². The van der Waals surface area contributed by atoms with E-state index in [2.05, 4.69) is 15.5 Å². The molecule has 2 aromatic heterocycles. The number of nitrogens with one attached hydrogen (secondary N) is 1. The number of hydrogen-bond donors (Lipinski definition) is 1. The minimum absolute atomic E-state index is 0.0633. The highest BCUT2D eigenvalue weighted by molar-refractivity contribution is 7.99. The number of benzene rings is 1. The number of anilines is 1. The number of fused-ring (bicyclic) bond motifs is 1. The van der Waals surface area contributed by atoms with Gasteiger partial charge in [0.25, 0.3) is 0 Å². The second-order valence-corrected chi connectivity index (χ2v) is 7.41. The van der Waals surface area contributed by atoms with Gasteiger partial charge in [-0.2, -0.15) is 13.2 Å². The van der Waals surface area contributed by atoms with Gasteiger partial charge < -0.3 is 5.32 Å². The number of rotatable bonds is 4. The molecular formula is C15H8Cl3F3N4OS. The number of alkyl halides is 3. The number of amides is 1. The van der Waals surface area contributed by atoms with Crippen molar-refractivity contribution in [2.75, 3.05) is 11.1 Å². The van der Waals surface area contributed by atoms with Crippen LogP contribution in [0, 0.1) is 0 Å². The monoisotopic (exact) mass is 454 g/mol. The number of halogens is 6. The maximum atomic E-state index is 13.0. The van der Waals surface area contributed by atoms with E-state index < -0.39 is 17.6 Å². The molecule has 12 heteroatoms. The molecule has 0 atom stereocenters. The summed E-state index contributed by atoms with van der Waals surface area (Å²) in [7, 11) is 0. The number of carbonyl (C=O) groups is 1. The first-order valence-corrected chi connectivity index (χ1v) is 9.26. The van der Waals surface area contributed by atoms with Crippen molar-refractivity contribution in [2.45, 2.75) is 11.3 Å². The van der Waals surface area contributed by atoms with Gasteiger partial charge in [-0.3, -0.25) is 9.20 Å². The molecule has 2 heterocycles. The van der Waals surface area contributed by atoms with Crippen LogP contribution in [0.5, 0.6) is 0 Å². The molecule has 3 rings (SSSR count). The van der Waals surface area contributed by atoms with Crippen molar-refractivity contribution in [3.63, 3.8) is 0 Å². The Morgan fingerprint density at radius 1 is 1.15 bits per heavy atom. The highest BCUT2D eigenvalue weighted by Gasteiger charge is 2.32. The van der Waals surface area contributed by atoms with Crippen LogP contribution >= 0.6 is 46.6 Å². The molecule has 0 aliphatic heterocycles. The number of pyridine rings is 1. The lowest BCUT2D eigenvalue weighted by molar-refractivity contribution is -0.137. The van der Waals surface area contributed by atoms with Gasteiger partial charge in [0.05, 0.1) is 27.0 Å². The zero-order valence-corrected chi connectivity index (χ0v) is 16.1. The van der Waals surface area contributed by atoms with Gasteiger partial charge in [0, 0.05) is 11.2 Å². The fourth-order valence-electron chi connectivity index (χ4n) is 2.09. The molecule has 0 saturated carbocycles. The fourth-order valence-corrected chi connectivity index (χ4v) is 3.51. The van der Waals surface area contributed by atoms with Gasteiger partial charge in [-0.05, 0) is 24.3 Å². The van der Waals surface area contributed by atoms with Crippen molar-refractivity contribution in [1.29, 1.82) is 0 Å². The van der Waals surface area contributed by atoms with Gasteiger partial charge in [0.15, 0.2) is 10.8 Å². The van der Waals surface area contributed by atoms with E-state index in [4.69, 9.17) is 34.8 Å². The molecule has 0 aliphatic rings. The Kier molecular flexibility index (Phi) is 5.76. The Bertz CT molecular complexity index is 1030. The van der Waals surface area contributed by atoms with Gasteiger partial charge in [-0.15, -0.1) is 10.2 Å². The quantitative estimate of drug-likeness (QED) is 0.532. The lowest BCUT2D eigenvalue weighted by Gasteiger charge is -2.09. The Hall–Kier alpha value is -1.68. The third kappa shape index (κ3) is 4.60. The average molecular weight is 456 g/mol. The van der Waals surface area contributed by atoms with Crippen LogP contribution in [0.4, 0.5) is 18.9 Å². The summed E-state index contributed by atoms with van der Waals surface area (Å²) < 4.78 is 39.9. The van der Waals surface area contributed by atoms with E-state index in [0.29, 0.717) is 10.7 Å². The van der Waals surface area contributed by atoms with Crippen molar-refractivity contribution >= 4 is 63.8 Å². The van der Waals surface area contributed by atoms with E-state index in [9.17, 15) is 18.0 Å². The van der Waals surface area contributed by atoms with Gasteiger partial charge >= 0.3 is 6.18 Å². The molecule has 1 N–H and O–H groups in total. The Labute approximate surface area is 169 Å². The molecule has 0 saturated heterocycles. The van der Waals surface area contributed by atoms with Gasteiger partial charge in [0.2, 0.25) is 5.91 Å². The molecule has 0 unspecified atom stereocenters. The number of carbonyl (C=O) groups excluding carboxylic acids is 1. The molecule has 0 radical (unpaired) electrons. The van der Waals surface area contributed by atoms with Crippen LogP contribution in [0.15, 0.2) is 35.6 Å². The second-order valence-electron chi connectivity index (χ2n) is 5.21. The smallest absolute Gasteiger partial charge is 0.324 e. The van der Waals surface area contributed by atoms with Crippen LogP contribution in [-0.2, 0) is 11.0 Å². The van der Waals surface area contributed by atoms with E-state index in [-0.39, 0.29) is 26.6 Å². The van der Waals surface area contributed by atoms with E-state index in [1.54, 1.807) is 6.07 Å². The number of aromatic nitrogens is 3. The predicted molar refractivity (Wildman–Crippen MR) is 98.8 cm³/mol. The molecule has 0 fully saturated rings. The lowest BCUT2D eigenvalue weighted by Crippen LogP contribution is -2.14. The first-order chi connectivity index (χ1) is 12.6. The maximum absolute atomic E-state index is 13.0. The second kappa shape index (κ2) is 7.75. The van der Waals surface area contributed by atoms with Crippen molar-refractivity contribution in [3.05, 3.63) is 51.1 Å². The third-order valence-electron chi connectivity index (χ3n) is 3.29. The van der Waals surface area contributed by atoms with Crippen molar-refractivity contribution in [2.24, 2.45) is 0 Å². The van der Waals surface area contributed by atoms with Crippen LogP contribution in [0.2, 0.25) is 15.1 Å². The summed E-state index contributed by atoms with van der Waals surface area (Å²) in [6.07, 6.45) is -3.75. The summed E-state index contributed by atoms with van der Waals surface area (Å²) in [6.45, 7) is 0. The summed E-state index contributed by atoms with van der Waals surface area (Å²) in [5.41, 5.74) is -0.521. The topological polar surface area (TPSA) is 59.3 Å². The van der Waals surface area contributed by atoms with Crippen LogP contribution in [0.3, 0.4) is 0 Å². The standard InChI is InChI=1S/C15H8Cl3F3N4OS/c16-8-1-2-11(9(17)4-8)22-12(26)6-27-14-24-23-13-10(18)3-7(5-25(13)14)15(19,20)21/h1-5H,6H2,(H,22,26). The summed E-state index contributed by atoms with van der Waals surface area (Å²) in [5, 5.41) is 10.7. The highest BCUT2D eigenvalue weighted by Crippen LogP contribution is 2.33. The summed E-state index contributed by atoms with van der Waals surface area (Å²) in [4.78, 5) is 12.1. The normalized spacial score (nSPS) is 11.8. The lowest BCUT2D eigenvalue weighted by atomic mass is 10.3. The maximum Gasteiger partial charge on any atom is 0.417 e. The summed E-state index contributed by atoms with van der Waals surface area (Å²) in [6, 6.07) is 5.34. The molecule has 0 spiro atoms. The zero-order valence-electron chi connectivity index (χ0n) is 13.0. The molecule has 142 valence electrons.